The van der Waals surface area contributed by atoms with E-state index in [1.807, 2.05) is 32.0 Å². The van der Waals surface area contributed by atoms with E-state index in [0.29, 0.717) is 19.0 Å². The van der Waals surface area contributed by atoms with Crippen molar-refractivity contribution in [2.45, 2.75) is 52.2 Å². The summed E-state index contributed by atoms with van der Waals surface area (Å²) in [5.74, 6) is 0.315. The maximum atomic E-state index is 12.3. The van der Waals surface area contributed by atoms with Crippen LogP contribution in [0.1, 0.15) is 45.6 Å². The van der Waals surface area contributed by atoms with Gasteiger partial charge in [-0.1, -0.05) is 37.3 Å². The number of aliphatic hydroxyl groups is 1. The fourth-order valence-corrected chi connectivity index (χ4v) is 2.35. The third-order valence-corrected chi connectivity index (χ3v) is 3.61. The van der Waals surface area contributed by atoms with Crippen LogP contribution in [0, 0.1) is 0 Å². The Morgan fingerprint density at radius 2 is 1.86 bits per heavy atom. The number of carbonyl (C=O) groups is 1. The van der Waals surface area contributed by atoms with Gasteiger partial charge in [0.2, 0.25) is 0 Å². The van der Waals surface area contributed by atoms with Crippen LogP contribution in [0.5, 0.6) is 0 Å². The van der Waals surface area contributed by atoms with E-state index in [1.165, 1.54) is 5.56 Å². The highest BCUT2D eigenvalue weighted by Gasteiger charge is 2.19. The summed E-state index contributed by atoms with van der Waals surface area (Å²) >= 11 is 0. The van der Waals surface area contributed by atoms with Crippen LogP contribution in [0.15, 0.2) is 30.3 Å². The van der Waals surface area contributed by atoms with Crippen LogP contribution >= 0.6 is 0 Å². The molecule has 2 unspecified atom stereocenters. The lowest BCUT2D eigenvalue weighted by Gasteiger charge is -2.29. The quantitative estimate of drug-likeness (QED) is 0.811. The molecule has 0 spiro atoms. The van der Waals surface area contributed by atoms with Crippen molar-refractivity contribution in [3.8, 4) is 0 Å². The molecule has 0 aliphatic rings. The Morgan fingerprint density at radius 3 is 2.33 bits per heavy atom. The number of hydrogen-bond acceptors (Lipinski definition) is 2. The predicted octanol–water partition coefficient (Wildman–Crippen LogP) is 2.98. The van der Waals surface area contributed by atoms with Crippen LogP contribution in [-0.2, 0) is 0 Å². The molecule has 2 amide bonds. The molecular formula is C17H28N2O2. The van der Waals surface area contributed by atoms with Crippen LogP contribution in [-0.4, -0.2) is 41.3 Å². The molecule has 0 radical (unpaired) electrons. The Kier molecular flexibility index (Phi) is 7.23. The molecule has 0 saturated heterocycles. The molecule has 0 aromatic heterocycles. The zero-order chi connectivity index (χ0) is 15.8. The maximum absolute atomic E-state index is 12.3. The Morgan fingerprint density at radius 1 is 1.24 bits per heavy atom. The van der Waals surface area contributed by atoms with E-state index in [2.05, 4.69) is 24.4 Å². The number of rotatable bonds is 7. The standard InChI is InChI=1S/C17H28N2O2/c1-5-15(16-9-7-6-8-10-16)11-18-17(21)19(13(2)3)12-14(4)20/h6-10,13-15,20H,5,11-12H2,1-4H3,(H,18,21). The van der Waals surface area contributed by atoms with E-state index < -0.39 is 6.10 Å². The molecule has 118 valence electrons. The molecule has 1 aromatic rings. The van der Waals surface area contributed by atoms with E-state index in [-0.39, 0.29) is 12.1 Å². The number of urea groups is 1. The van der Waals surface area contributed by atoms with Gasteiger partial charge in [0, 0.05) is 25.0 Å². The molecule has 0 aliphatic carbocycles. The minimum atomic E-state index is -0.519. The highest BCUT2D eigenvalue weighted by atomic mass is 16.3. The second kappa shape index (κ2) is 8.67. The van der Waals surface area contributed by atoms with Gasteiger partial charge in [-0.15, -0.1) is 0 Å². The Balaban J connectivity index is 2.60. The van der Waals surface area contributed by atoms with Gasteiger partial charge >= 0.3 is 6.03 Å². The first-order valence-electron chi connectivity index (χ1n) is 7.73. The summed E-state index contributed by atoms with van der Waals surface area (Å²) in [5, 5.41) is 12.5. The van der Waals surface area contributed by atoms with Crippen molar-refractivity contribution in [1.29, 1.82) is 0 Å². The molecule has 2 N–H and O–H groups in total. The molecular weight excluding hydrogens is 264 g/mol. The minimum Gasteiger partial charge on any atom is -0.392 e. The van der Waals surface area contributed by atoms with Gasteiger partial charge in [-0.05, 0) is 32.8 Å². The summed E-state index contributed by atoms with van der Waals surface area (Å²) in [6, 6.07) is 10.2. The molecule has 0 heterocycles. The molecule has 21 heavy (non-hydrogen) atoms. The molecule has 0 aliphatic heterocycles. The van der Waals surface area contributed by atoms with E-state index >= 15 is 0 Å². The van der Waals surface area contributed by atoms with Crippen molar-refractivity contribution >= 4 is 6.03 Å². The molecule has 4 heteroatoms. The van der Waals surface area contributed by atoms with E-state index in [4.69, 9.17) is 0 Å². The van der Waals surface area contributed by atoms with E-state index in [0.717, 1.165) is 6.42 Å². The van der Waals surface area contributed by atoms with Gasteiger partial charge in [-0.2, -0.15) is 0 Å². The Hall–Kier alpha value is -1.55. The smallest absolute Gasteiger partial charge is 0.317 e. The molecule has 0 bridgehead atoms. The minimum absolute atomic E-state index is 0.0661. The first kappa shape index (κ1) is 17.5. The van der Waals surface area contributed by atoms with Crippen molar-refractivity contribution in [3.05, 3.63) is 35.9 Å². The van der Waals surface area contributed by atoms with Gasteiger partial charge < -0.3 is 15.3 Å². The van der Waals surface area contributed by atoms with Gasteiger partial charge in [-0.25, -0.2) is 4.79 Å². The summed E-state index contributed by atoms with van der Waals surface area (Å²) in [5.41, 5.74) is 1.24. The Labute approximate surface area is 128 Å². The van der Waals surface area contributed by atoms with Crippen molar-refractivity contribution in [3.63, 3.8) is 0 Å². The highest BCUT2D eigenvalue weighted by Crippen LogP contribution is 2.18. The number of aliphatic hydroxyl groups excluding tert-OH is 1. The molecule has 1 rings (SSSR count). The molecule has 4 nitrogen and oxygen atoms in total. The average molecular weight is 292 g/mol. The number of nitrogens with zero attached hydrogens (tertiary/aromatic N) is 1. The summed E-state index contributed by atoms with van der Waals surface area (Å²) in [4.78, 5) is 13.9. The number of benzene rings is 1. The lowest BCUT2D eigenvalue weighted by Crippen LogP contribution is -2.47. The SMILES string of the molecule is CCC(CNC(=O)N(CC(C)O)C(C)C)c1ccccc1. The highest BCUT2D eigenvalue weighted by molar-refractivity contribution is 5.74. The third-order valence-electron chi connectivity index (χ3n) is 3.61. The predicted molar refractivity (Wildman–Crippen MR) is 86.4 cm³/mol. The molecule has 1 aromatic carbocycles. The fourth-order valence-electron chi connectivity index (χ4n) is 2.35. The van der Waals surface area contributed by atoms with Crippen molar-refractivity contribution < 1.29 is 9.90 Å². The first-order chi connectivity index (χ1) is 9.95. The second-order valence-electron chi connectivity index (χ2n) is 5.80. The summed E-state index contributed by atoms with van der Waals surface area (Å²) in [7, 11) is 0. The van der Waals surface area contributed by atoms with Gasteiger partial charge in [0.15, 0.2) is 0 Å². The van der Waals surface area contributed by atoms with Crippen LogP contribution in [0.4, 0.5) is 4.79 Å². The largest absolute Gasteiger partial charge is 0.392 e. The average Bonchev–Trinajstić information content (AvgIpc) is 2.46. The van der Waals surface area contributed by atoms with Gasteiger partial charge in [0.25, 0.3) is 0 Å². The zero-order valence-electron chi connectivity index (χ0n) is 13.5. The van der Waals surface area contributed by atoms with Gasteiger partial charge in [0.05, 0.1) is 6.10 Å². The van der Waals surface area contributed by atoms with Crippen molar-refractivity contribution in [2.24, 2.45) is 0 Å². The number of amides is 2. The molecule has 0 saturated carbocycles. The van der Waals surface area contributed by atoms with Crippen molar-refractivity contribution in [2.75, 3.05) is 13.1 Å². The van der Waals surface area contributed by atoms with Gasteiger partial charge in [-0.3, -0.25) is 0 Å². The lowest BCUT2D eigenvalue weighted by molar-refractivity contribution is 0.118. The van der Waals surface area contributed by atoms with Crippen LogP contribution in [0.2, 0.25) is 0 Å². The van der Waals surface area contributed by atoms with E-state index in [9.17, 15) is 9.90 Å². The summed E-state index contributed by atoms with van der Waals surface area (Å²) in [6.07, 6.45) is 0.455. The maximum Gasteiger partial charge on any atom is 0.317 e. The molecule has 2 atom stereocenters. The number of hydrogen-bond donors (Lipinski definition) is 2. The van der Waals surface area contributed by atoms with Gasteiger partial charge in [0.1, 0.15) is 0 Å². The normalized spacial score (nSPS) is 13.8. The lowest BCUT2D eigenvalue weighted by atomic mass is 9.97. The zero-order valence-corrected chi connectivity index (χ0v) is 13.5. The third kappa shape index (κ3) is 5.76. The van der Waals surface area contributed by atoms with Crippen molar-refractivity contribution in [1.82, 2.24) is 10.2 Å². The van der Waals surface area contributed by atoms with Crippen LogP contribution in [0.25, 0.3) is 0 Å². The monoisotopic (exact) mass is 292 g/mol. The van der Waals surface area contributed by atoms with Crippen LogP contribution < -0.4 is 5.32 Å². The fraction of sp³-hybridized carbons (Fsp3) is 0.588. The summed E-state index contributed by atoms with van der Waals surface area (Å²) < 4.78 is 0. The van der Waals surface area contributed by atoms with Crippen LogP contribution in [0.3, 0.4) is 0 Å². The Bertz CT molecular complexity index is 418. The number of nitrogens with one attached hydrogen (secondary N) is 1. The number of carbonyl (C=O) groups excluding carboxylic acids is 1. The summed E-state index contributed by atoms with van der Waals surface area (Å²) in [6.45, 7) is 8.70. The van der Waals surface area contributed by atoms with E-state index in [1.54, 1.807) is 11.8 Å². The first-order valence-corrected chi connectivity index (χ1v) is 7.73. The second-order valence-corrected chi connectivity index (χ2v) is 5.80. The topological polar surface area (TPSA) is 52.6 Å². The molecule has 0 fully saturated rings.